The minimum Gasteiger partial charge on any atom is -0.477 e. The number of fused-ring (bicyclic) bond motifs is 1. The Morgan fingerprint density at radius 1 is 0.912 bits per heavy atom. The van der Waals surface area contributed by atoms with Crippen molar-refractivity contribution in [2.45, 2.75) is 11.8 Å². The van der Waals surface area contributed by atoms with Crippen LogP contribution in [-0.4, -0.2) is 30.4 Å². The zero-order chi connectivity index (χ0) is 24.5. The van der Waals surface area contributed by atoms with Crippen LogP contribution in [0.5, 0.6) is 0 Å². The first-order valence-corrected chi connectivity index (χ1v) is 11.5. The molecule has 0 unspecified atom stereocenters. The van der Waals surface area contributed by atoms with E-state index in [1.54, 1.807) is 12.1 Å². The van der Waals surface area contributed by atoms with Crippen molar-refractivity contribution in [3.8, 4) is 0 Å². The van der Waals surface area contributed by atoms with E-state index >= 15 is 0 Å². The number of benzene rings is 3. The molecule has 0 fully saturated rings. The molecule has 0 aliphatic heterocycles. The van der Waals surface area contributed by atoms with Crippen LogP contribution in [-0.2, 0) is 10.0 Å². The molecule has 1 heterocycles. The number of aryl methyl sites for hydroxylation is 1. The van der Waals surface area contributed by atoms with Crippen molar-refractivity contribution < 1.29 is 23.1 Å². The van der Waals surface area contributed by atoms with Crippen molar-refractivity contribution in [1.29, 1.82) is 0 Å². The maximum absolute atomic E-state index is 12.8. The number of H-pyrrole nitrogens is 1. The van der Waals surface area contributed by atoms with Gasteiger partial charge in [-0.15, -0.1) is 0 Å². The molecule has 4 aromatic rings. The third-order valence-corrected chi connectivity index (χ3v) is 6.48. The number of carboxylic acid groups (broad SMARTS) is 1. The first-order valence-electron chi connectivity index (χ1n) is 10.0. The maximum Gasteiger partial charge on any atom is 0.341 e. The molecule has 1 amide bonds. The van der Waals surface area contributed by atoms with Gasteiger partial charge >= 0.3 is 5.97 Å². The Hall–Kier alpha value is -4.44. The van der Waals surface area contributed by atoms with Crippen LogP contribution in [0.3, 0.4) is 0 Å². The van der Waals surface area contributed by atoms with Gasteiger partial charge in [0, 0.05) is 34.0 Å². The maximum atomic E-state index is 12.8. The third-order valence-electron chi connectivity index (χ3n) is 5.10. The second-order valence-electron chi connectivity index (χ2n) is 7.55. The van der Waals surface area contributed by atoms with Gasteiger partial charge in [0.2, 0.25) is 5.43 Å². The van der Waals surface area contributed by atoms with Crippen LogP contribution < -0.4 is 15.5 Å². The van der Waals surface area contributed by atoms with E-state index in [0.29, 0.717) is 16.8 Å². The van der Waals surface area contributed by atoms with Gasteiger partial charge < -0.3 is 15.4 Å². The Labute approximate surface area is 194 Å². The average Bonchev–Trinajstić information content (AvgIpc) is 2.80. The molecule has 9 nitrogen and oxygen atoms in total. The molecule has 0 aliphatic rings. The lowest BCUT2D eigenvalue weighted by Crippen LogP contribution is -2.17. The van der Waals surface area contributed by atoms with E-state index in [4.69, 9.17) is 5.11 Å². The summed E-state index contributed by atoms with van der Waals surface area (Å²) < 4.78 is 28.1. The SMILES string of the molecule is Cc1ccc(NC(=O)c2ccc(NS(=O)(=O)c3ccc4[nH]cc(C(=O)O)c(=O)c4c3)cc2)cc1. The zero-order valence-corrected chi connectivity index (χ0v) is 18.6. The first kappa shape index (κ1) is 22.7. The van der Waals surface area contributed by atoms with E-state index < -0.39 is 27.0 Å². The Balaban J connectivity index is 1.55. The quantitative estimate of drug-likeness (QED) is 0.334. The molecular weight excluding hydrogens is 458 g/mol. The van der Waals surface area contributed by atoms with E-state index in [-0.39, 0.29) is 21.9 Å². The fourth-order valence-electron chi connectivity index (χ4n) is 3.27. The van der Waals surface area contributed by atoms with Crippen LogP contribution in [0.2, 0.25) is 0 Å². The molecular formula is C24H19N3O6S. The molecule has 4 rings (SSSR count). The second-order valence-corrected chi connectivity index (χ2v) is 9.23. The molecule has 0 spiro atoms. The van der Waals surface area contributed by atoms with Gasteiger partial charge in [-0.3, -0.25) is 14.3 Å². The molecule has 10 heteroatoms. The van der Waals surface area contributed by atoms with Crippen molar-refractivity contribution >= 4 is 44.2 Å². The van der Waals surface area contributed by atoms with Gasteiger partial charge in [0.1, 0.15) is 5.56 Å². The Bertz CT molecular complexity index is 1570. The highest BCUT2D eigenvalue weighted by Gasteiger charge is 2.18. The lowest BCUT2D eigenvalue weighted by molar-refractivity contribution is 0.0695. The number of carbonyl (C=O) groups excluding carboxylic acids is 1. The van der Waals surface area contributed by atoms with Gasteiger partial charge in [0.25, 0.3) is 15.9 Å². The summed E-state index contributed by atoms with van der Waals surface area (Å²) in [5, 5.41) is 11.8. The highest BCUT2D eigenvalue weighted by Crippen LogP contribution is 2.20. The van der Waals surface area contributed by atoms with Crippen LogP contribution in [0.15, 0.2) is 82.6 Å². The number of aromatic amines is 1. The topological polar surface area (TPSA) is 145 Å². The van der Waals surface area contributed by atoms with E-state index in [9.17, 15) is 22.8 Å². The number of hydrogen-bond acceptors (Lipinski definition) is 5. The number of nitrogens with one attached hydrogen (secondary N) is 3. The lowest BCUT2D eigenvalue weighted by Gasteiger charge is -2.10. The van der Waals surface area contributed by atoms with Crippen LogP contribution in [0.1, 0.15) is 26.3 Å². The standard InChI is InChI=1S/C24H19N3O6S/c1-14-2-6-16(7-3-14)26-23(29)15-4-8-17(9-5-15)27-34(32,33)18-10-11-21-19(12-18)22(28)20(13-25-21)24(30)31/h2-13,27H,1H3,(H,25,28)(H,26,29)(H,30,31). The van der Waals surface area contributed by atoms with E-state index in [1.807, 2.05) is 19.1 Å². The number of pyridine rings is 1. The fraction of sp³-hybridized carbons (Fsp3) is 0.0417. The van der Waals surface area contributed by atoms with Crippen LogP contribution >= 0.6 is 0 Å². The van der Waals surface area contributed by atoms with Gasteiger partial charge in [-0.1, -0.05) is 17.7 Å². The summed E-state index contributed by atoms with van der Waals surface area (Å²) in [5.74, 6) is -1.76. The number of hydrogen-bond donors (Lipinski definition) is 4. The number of amides is 1. The van der Waals surface area contributed by atoms with E-state index in [1.165, 1.54) is 36.4 Å². The summed E-state index contributed by atoms with van der Waals surface area (Å²) in [6.45, 7) is 1.94. The number of carboxylic acids is 1. The van der Waals surface area contributed by atoms with E-state index in [0.717, 1.165) is 17.8 Å². The minimum absolute atomic E-state index is 0.0640. The highest BCUT2D eigenvalue weighted by molar-refractivity contribution is 7.92. The molecule has 172 valence electrons. The smallest absolute Gasteiger partial charge is 0.341 e. The molecule has 0 saturated heterocycles. The summed E-state index contributed by atoms with van der Waals surface area (Å²) in [6, 6.07) is 16.9. The monoisotopic (exact) mass is 477 g/mol. The second kappa shape index (κ2) is 8.83. The van der Waals surface area contributed by atoms with Crippen LogP contribution in [0, 0.1) is 6.92 Å². The Morgan fingerprint density at radius 3 is 2.21 bits per heavy atom. The van der Waals surface area contributed by atoms with Crippen molar-refractivity contribution in [2.24, 2.45) is 0 Å². The molecule has 0 bridgehead atoms. The van der Waals surface area contributed by atoms with Crippen molar-refractivity contribution in [3.63, 3.8) is 0 Å². The summed E-state index contributed by atoms with van der Waals surface area (Å²) in [7, 11) is -4.09. The highest BCUT2D eigenvalue weighted by atomic mass is 32.2. The molecule has 4 N–H and O–H groups in total. The predicted molar refractivity (Wildman–Crippen MR) is 128 cm³/mol. The molecule has 0 atom stereocenters. The summed E-state index contributed by atoms with van der Waals surface area (Å²) in [4.78, 5) is 38.5. The van der Waals surface area contributed by atoms with Crippen LogP contribution in [0.4, 0.5) is 11.4 Å². The molecule has 1 aromatic heterocycles. The van der Waals surface area contributed by atoms with Gasteiger partial charge in [-0.25, -0.2) is 13.2 Å². The molecule has 0 radical (unpaired) electrons. The van der Waals surface area contributed by atoms with Gasteiger partial charge in [0.15, 0.2) is 0 Å². The molecule has 34 heavy (non-hydrogen) atoms. The number of carbonyl (C=O) groups is 2. The van der Waals surface area contributed by atoms with E-state index in [2.05, 4.69) is 15.0 Å². The predicted octanol–water partition coefficient (Wildman–Crippen LogP) is 3.59. The van der Waals surface area contributed by atoms with Crippen molar-refractivity contribution in [3.05, 3.63) is 99.8 Å². The number of rotatable bonds is 6. The molecule has 0 aliphatic carbocycles. The van der Waals surface area contributed by atoms with Crippen molar-refractivity contribution in [2.75, 3.05) is 10.0 Å². The average molecular weight is 477 g/mol. The number of aromatic nitrogens is 1. The summed E-state index contributed by atoms with van der Waals surface area (Å²) >= 11 is 0. The third kappa shape index (κ3) is 4.66. The minimum atomic E-state index is -4.09. The largest absolute Gasteiger partial charge is 0.477 e. The fourth-order valence-corrected chi connectivity index (χ4v) is 4.35. The summed E-state index contributed by atoms with van der Waals surface area (Å²) in [6.07, 6.45) is 1.07. The molecule has 3 aromatic carbocycles. The lowest BCUT2D eigenvalue weighted by atomic mass is 10.1. The molecule has 0 saturated carbocycles. The Kier molecular flexibility index (Phi) is 5.91. The summed E-state index contributed by atoms with van der Waals surface area (Å²) in [5.41, 5.74) is 1.27. The van der Waals surface area contributed by atoms with Gasteiger partial charge in [-0.05, 0) is 61.5 Å². The van der Waals surface area contributed by atoms with Crippen LogP contribution in [0.25, 0.3) is 10.9 Å². The number of aromatic carboxylic acids is 1. The normalized spacial score (nSPS) is 11.2. The van der Waals surface area contributed by atoms with Gasteiger partial charge in [0.05, 0.1) is 4.90 Å². The zero-order valence-electron chi connectivity index (χ0n) is 17.8. The Morgan fingerprint density at radius 2 is 1.56 bits per heavy atom. The van der Waals surface area contributed by atoms with Gasteiger partial charge in [-0.2, -0.15) is 0 Å². The first-order chi connectivity index (χ1) is 16.1. The number of anilines is 2. The number of sulfonamides is 1. The van der Waals surface area contributed by atoms with Crippen molar-refractivity contribution in [1.82, 2.24) is 4.98 Å².